The van der Waals surface area contributed by atoms with Gasteiger partial charge in [0, 0.05) is 18.1 Å². The Morgan fingerprint density at radius 2 is 2.22 bits per heavy atom. The third-order valence-electron chi connectivity index (χ3n) is 2.82. The Labute approximate surface area is 141 Å². The molecule has 0 bridgehead atoms. The van der Waals surface area contributed by atoms with Gasteiger partial charge in [-0.3, -0.25) is 15.0 Å². The zero-order valence-electron chi connectivity index (χ0n) is 13.2. The van der Waals surface area contributed by atoms with Crippen molar-refractivity contribution >= 4 is 23.5 Å². The average Bonchev–Trinajstić information content (AvgIpc) is 2.49. The van der Waals surface area contributed by atoms with Crippen molar-refractivity contribution in [2.24, 2.45) is 0 Å². The molecule has 0 aliphatic rings. The fraction of sp³-hybridized carbons (Fsp3) is 0.375. The maximum Gasteiger partial charge on any atom is 0.321 e. The van der Waals surface area contributed by atoms with E-state index >= 15 is 0 Å². The third-order valence-corrected chi connectivity index (χ3v) is 3.06. The molecule has 1 rings (SSSR count). The van der Waals surface area contributed by atoms with Crippen molar-refractivity contribution in [3.63, 3.8) is 0 Å². The average molecular weight is 340 g/mol. The highest BCUT2D eigenvalue weighted by atomic mass is 35.5. The van der Waals surface area contributed by atoms with Gasteiger partial charge in [0.05, 0.1) is 13.2 Å². The summed E-state index contributed by atoms with van der Waals surface area (Å²) in [4.78, 5) is 24.7. The number of carbonyl (C=O) groups is 2. The summed E-state index contributed by atoms with van der Waals surface area (Å²) < 4.78 is 5.57. The van der Waals surface area contributed by atoms with Crippen LogP contribution in [0.25, 0.3) is 0 Å². The predicted molar refractivity (Wildman–Crippen MR) is 90.8 cm³/mol. The van der Waals surface area contributed by atoms with Crippen LogP contribution in [0.5, 0.6) is 5.75 Å². The fourth-order valence-corrected chi connectivity index (χ4v) is 1.96. The lowest BCUT2D eigenvalue weighted by molar-refractivity contribution is -0.120. The van der Waals surface area contributed by atoms with E-state index < -0.39 is 6.03 Å². The molecule has 0 heterocycles. The number of imide groups is 1. The van der Waals surface area contributed by atoms with Crippen LogP contribution in [0.4, 0.5) is 4.79 Å². The van der Waals surface area contributed by atoms with Crippen LogP contribution in [0.1, 0.15) is 6.42 Å². The molecule has 0 saturated heterocycles. The molecule has 2 N–H and O–H groups in total. The van der Waals surface area contributed by atoms with Crippen LogP contribution < -0.4 is 15.4 Å². The van der Waals surface area contributed by atoms with Crippen molar-refractivity contribution in [2.75, 3.05) is 33.3 Å². The van der Waals surface area contributed by atoms with E-state index in [2.05, 4.69) is 17.2 Å². The standard InChI is InChI=1S/C16H22ClN3O3/c1-3-8-18-16(22)19-15(21)12-20(2)9-5-10-23-14-7-4-6-13(17)11-14/h3-4,6-7,11H,1,5,8-10,12H2,2H3,(H2,18,19,21,22). The van der Waals surface area contributed by atoms with Gasteiger partial charge in [0.2, 0.25) is 5.91 Å². The zero-order chi connectivity index (χ0) is 17.1. The first-order valence-corrected chi connectivity index (χ1v) is 7.64. The van der Waals surface area contributed by atoms with Crippen molar-refractivity contribution in [1.29, 1.82) is 0 Å². The van der Waals surface area contributed by atoms with E-state index in [1.54, 1.807) is 19.2 Å². The van der Waals surface area contributed by atoms with Gasteiger partial charge in [0.1, 0.15) is 5.75 Å². The van der Waals surface area contributed by atoms with Gasteiger partial charge in [-0.1, -0.05) is 23.7 Å². The molecule has 6 nitrogen and oxygen atoms in total. The minimum atomic E-state index is -0.521. The lowest BCUT2D eigenvalue weighted by Gasteiger charge is -2.16. The monoisotopic (exact) mass is 339 g/mol. The number of carbonyl (C=O) groups excluding carboxylic acids is 2. The second-order valence-electron chi connectivity index (χ2n) is 4.94. The lowest BCUT2D eigenvalue weighted by atomic mass is 10.3. The lowest BCUT2D eigenvalue weighted by Crippen LogP contribution is -2.44. The number of benzene rings is 1. The van der Waals surface area contributed by atoms with E-state index in [9.17, 15) is 9.59 Å². The number of rotatable bonds is 9. The molecular weight excluding hydrogens is 318 g/mol. The Morgan fingerprint density at radius 3 is 2.91 bits per heavy atom. The molecule has 0 aliphatic heterocycles. The number of urea groups is 1. The van der Waals surface area contributed by atoms with E-state index in [1.807, 2.05) is 17.0 Å². The van der Waals surface area contributed by atoms with Crippen LogP contribution >= 0.6 is 11.6 Å². The molecule has 0 spiro atoms. The first kappa shape index (κ1) is 19.0. The van der Waals surface area contributed by atoms with Crippen LogP contribution in [0.2, 0.25) is 5.02 Å². The summed E-state index contributed by atoms with van der Waals surface area (Å²) in [6, 6.07) is 6.68. The van der Waals surface area contributed by atoms with Crippen molar-refractivity contribution in [2.45, 2.75) is 6.42 Å². The molecule has 0 atom stereocenters. The Hall–Kier alpha value is -2.05. The minimum absolute atomic E-state index is 0.138. The minimum Gasteiger partial charge on any atom is -0.493 e. The molecule has 7 heteroatoms. The van der Waals surface area contributed by atoms with Crippen molar-refractivity contribution < 1.29 is 14.3 Å². The SMILES string of the molecule is C=CCNC(=O)NC(=O)CN(C)CCCOc1cccc(Cl)c1. The van der Waals surface area contributed by atoms with Crippen LogP contribution in [-0.4, -0.2) is 50.1 Å². The highest BCUT2D eigenvalue weighted by molar-refractivity contribution is 6.30. The van der Waals surface area contributed by atoms with Gasteiger partial charge < -0.3 is 10.1 Å². The quantitative estimate of drug-likeness (QED) is 0.533. The molecule has 1 aromatic rings. The normalized spacial score (nSPS) is 10.2. The van der Waals surface area contributed by atoms with Gasteiger partial charge in [-0.05, 0) is 31.7 Å². The molecule has 0 aliphatic carbocycles. The van der Waals surface area contributed by atoms with Crippen LogP contribution in [-0.2, 0) is 4.79 Å². The van der Waals surface area contributed by atoms with E-state index in [-0.39, 0.29) is 12.5 Å². The maximum atomic E-state index is 11.6. The van der Waals surface area contributed by atoms with Crippen LogP contribution in [0.3, 0.4) is 0 Å². The fourth-order valence-electron chi connectivity index (χ4n) is 1.78. The Balaban J connectivity index is 2.16. The first-order valence-electron chi connectivity index (χ1n) is 7.26. The number of hydrogen-bond donors (Lipinski definition) is 2. The number of nitrogens with one attached hydrogen (secondary N) is 2. The molecule has 23 heavy (non-hydrogen) atoms. The summed E-state index contributed by atoms with van der Waals surface area (Å²) >= 11 is 5.87. The summed E-state index contributed by atoms with van der Waals surface area (Å²) in [5, 5.41) is 5.35. The Bertz CT molecular complexity index is 537. The number of amides is 3. The summed E-state index contributed by atoms with van der Waals surface area (Å²) in [6.07, 6.45) is 2.29. The molecule has 3 amide bonds. The van der Waals surface area contributed by atoms with Gasteiger partial charge in [0.25, 0.3) is 0 Å². The number of halogens is 1. The summed E-state index contributed by atoms with van der Waals surface area (Å²) in [5.74, 6) is 0.363. The van der Waals surface area contributed by atoms with E-state index in [4.69, 9.17) is 16.3 Å². The zero-order valence-corrected chi connectivity index (χ0v) is 13.9. The number of nitrogens with zero attached hydrogens (tertiary/aromatic N) is 1. The highest BCUT2D eigenvalue weighted by Gasteiger charge is 2.09. The maximum absolute atomic E-state index is 11.6. The highest BCUT2D eigenvalue weighted by Crippen LogP contribution is 2.17. The molecule has 0 aromatic heterocycles. The molecule has 0 unspecified atom stereocenters. The second-order valence-corrected chi connectivity index (χ2v) is 5.38. The third kappa shape index (κ3) is 8.85. The number of hydrogen-bond acceptors (Lipinski definition) is 4. The van der Waals surface area contributed by atoms with Gasteiger partial charge in [-0.25, -0.2) is 4.79 Å². The van der Waals surface area contributed by atoms with Gasteiger partial charge in [0.15, 0.2) is 0 Å². The molecule has 0 radical (unpaired) electrons. The van der Waals surface area contributed by atoms with E-state index in [0.29, 0.717) is 24.7 Å². The van der Waals surface area contributed by atoms with Gasteiger partial charge in [-0.15, -0.1) is 6.58 Å². The van der Waals surface area contributed by atoms with E-state index in [0.717, 1.165) is 12.2 Å². The molecule has 1 aromatic carbocycles. The smallest absolute Gasteiger partial charge is 0.321 e. The van der Waals surface area contributed by atoms with Gasteiger partial charge >= 0.3 is 6.03 Å². The van der Waals surface area contributed by atoms with Crippen molar-refractivity contribution in [3.8, 4) is 5.75 Å². The molecule has 0 fully saturated rings. The second kappa shape index (κ2) is 10.6. The Morgan fingerprint density at radius 1 is 1.43 bits per heavy atom. The molecule has 0 saturated carbocycles. The number of likely N-dealkylation sites (N-methyl/N-ethyl adjacent to an activating group) is 1. The summed E-state index contributed by atoms with van der Waals surface area (Å²) in [5.41, 5.74) is 0. The van der Waals surface area contributed by atoms with E-state index in [1.165, 1.54) is 6.08 Å². The topological polar surface area (TPSA) is 70.7 Å². The summed E-state index contributed by atoms with van der Waals surface area (Å²) in [6.45, 7) is 5.12. The van der Waals surface area contributed by atoms with Crippen molar-refractivity contribution in [3.05, 3.63) is 41.9 Å². The predicted octanol–water partition coefficient (Wildman–Crippen LogP) is 2.05. The largest absolute Gasteiger partial charge is 0.493 e. The van der Waals surface area contributed by atoms with Crippen LogP contribution in [0, 0.1) is 0 Å². The molecular formula is C16H22ClN3O3. The molecule has 126 valence electrons. The van der Waals surface area contributed by atoms with Crippen LogP contribution in [0.15, 0.2) is 36.9 Å². The Kier molecular flexibility index (Phi) is 8.79. The summed E-state index contributed by atoms with van der Waals surface area (Å²) in [7, 11) is 1.81. The first-order chi connectivity index (χ1) is 11.0. The number of ether oxygens (including phenoxy) is 1. The van der Waals surface area contributed by atoms with Gasteiger partial charge in [-0.2, -0.15) is 0 Å². The van der Waals surface area contributed by atoms with Crippen molar-refractivity contribution in [1.82, 2.24) is 15.5 Å².